The number of halogens is 1. The lowest BCUT2D eigenvalue weighted by molar-refractivity contribution is 0.0696. The number of nitriles is 1. The Hall–Kier alpha value is -3.37. The predicted molar refractivity (Wildman–Crippen MR) is 88.8 cm³/mol. The van der Waals surface area contributed by atoms with Crippen molar-refractivity contribution in [2.45, 2.75) is 6.61 Å². The van der Waals surface area contributed by atoms with E-state index < -0.39 is 5.97 Å². The lowest BCUT2D eigenvalue weighted by atomic mass is 10.1. The summed E-state index contributed by atoms with van der Waals surface area (Å²) < 4.78 is 7.11. The molecule has 25 heavy (non-hydrogen) atoms. The first-order valence-electron chi connectivity index (χ1n) is 7.13. The van der Waals surface area contributed by atoms with Crippen LogP contribution in [0.5, 0.6) is 5.88 Å². The van der Waals surface area contributed by atoms with Crippen LogP contribution in [0.1, 0.15) is 21.5 Å². The van der Waals surface area contributed by atoms with Crippen LogP contribution in [-0.4, -0.2) is 25.8 Å². The Morgan fingerprint density at radius 3 is 2.84 bits per heavy atom. The van der Waals surface area contributed by atoms with Crippen molar-refractivity contribution in [1.82, 2.24) is 14.8 Å². The Balaban J connectivity index is 1.82. The molecule has 7 nitrogen and oxygen atoms in total. The molecule has 0 aliphatic heterocycles. The number of pyridine rings is 1. The van der Waals surface area contributed by atoms with Crippen LogP contribution in [0, 0.1) is 11.3 Å². The standard InChI is InChI=1S/C17H11ClN4O3/c18-14-7-11(9-19)1-2-13(14)10-25-16-4-6-21-22(16)15-8-12(17(23)24)3-5-20-15/h1-8H,10H2,(H,23,24). The van der Waals surface area contributed by atoms with Crippen LogP contribution < -0.4 is 4.74 Å². The van der Waals surface area contributed by atoms with E-state index in [-0.39, 0.29) is 12.2 Å². The van der Waals surface area contributed by atoms with Crippen LogP contribution >= 0.6 is 11.6 Å². The molecule has 0 atom stereocenters. The average molecular weight is 355 g/mol. The Labute approximate surface area is 147 Å². The van der Waals surface area contributed by atoms with E-state index >= 15 is 0 Å². The van der Waals surface area contributed by atoms with E-state index in [2.05, 4.69) is 10.1 Å². The number of rotatable bonds is 5. The van der Waals surface area contributed by atoms with Gasteiger partial charge < -0.3 is 9.84 Å². The Morgan fingerprint density at radius 2 is 2.12 bits per heavy atom. The Kier molecular flexibility index (Phi) is 4.64. The summed E-state index contributed by atoms with van der Waals surface area (Å²) in [7, 11) is 0. The zero-order chi connectivity index (χ0) is 17.8. The third kappa shape index (κ3) is 3.59. The number of carboxylic acid groups (broad SMARTS) is 1. The molecule has 0 saturated heterocycles. The molecule has 0 unspecified atom stereocenters. The number of benzene rings is 1. The van der Waals surface area contributed by atoms with Gasteiger partial charge in [-0.3, -0.25) is 0 Å². The van der Waals surface area contributed by atoms with Gasteiger partial charge in [-0.05, 0) is 24.3 Å². The van der Waals surface area contributed by atoms with Crippen molar-refractivity contribution in [2.24, 2.45) is 0 Å². The zero-order valence-corrected chi connectivity index (χ0v) is 13.5. The minimum Gasteiger partial charge on any atom is -0.478 e. The van der Waals surface area contributed by atoms with Crippen LogP contribution in [0.3, 0.4) is 0 Å². The molecule has 2 aromatic heterocycles. The van der Waals surface area contributed by atoms with Gasteiger partial charge in [-0.1, -0.05) is 17.7 Å². The summed E-state index contributed by atoms with van der Waals surface area (Å²) in [6, 6.07) is 11.4. The molecule has 3 aromatic rings. The summed E-state index contributed by atoms with van der Waals surface area (Å²) in [5.41, 5.74) is 1.27. The molecule has 2 heterocycles. The quantitative estimate of drug-likeness (QED) is 0.755. The van der Waals surface area contributed by atoms with E-state index in [0.717, 1.165) is 0 Å². The smallest absolute Gasteiger partial charge is 0.335 e. The minimum absolute atomic E-state index is 0.0987. The van der Waals surface area contributed by atoms with Gasteiger partial charge >= 0.3 is 5.97 Å². The number of aromatic nitrogens is 3. The molecule has 0 aliphatic carbocycles. The number of nitrogens with zero attached hydrogens (tertiary/aromatic N) is 4. The van der Waals surface area contributed by atoms with Crippen LogP contribution in [0.25, 0.3) is 5.82 Å². The summed E-state index contributed by atoms with van der Waals surface area (Å²) in [6.45, 7) is 0.162. The van der Waals surface area contributed by atoms with Gasteiger partial charge in [0.25, 0.3) is 0 Å². The normalized spacial score (nSPS) is 10.2. The first kappa shape index (κ1) is 16.5. The zero-order valence-electron chi connectivity index (χ0n) is 12.8. The SMILES string of the molecule is N#Cc1ccc(COc2ccnn2-c2cc(C(=O)O)ccn2)c(Cl)c1. The lowest BCUT2D eigenvalue weighted by Crippen LogP contribution is -2.07. The van der Waals surface area contributed by atoms with Crippen molar-refractivity contribution >= 4 is 17.6 Å². The van der Waals surface area contributed by atoms with Gasteiger partial charge in [0.05, 0.1) is 23.4 Å². The summed E-state index contributed by atoms with van der Waals surface area (Å²) in [6.07, 6.45) is 2.91. The molecule has 0 spiro atoms. The van der Waals surface area contributed by atoms with Crippen molar-refractivity contribution in [3.05, 3.63) is 70.5 Å². The van der Waals surface area contributed by atoms with Crippen molar-refractivity contribution in [2.75, 3.05) is 0 Å². The minimum atomic E-state index is -1.05. The Bertz CT molecular complexity index is 978. The average Bonchev–Trinajstić information content (AvgIpc) is 3.09. The molecular formula is C17H11ClN4O3. The van der Waals surface area contributed by atoms with Gasteiger partial charge in [0.1, 0.15) is 6.61 Å². The first-order chi connectivity index (χ1) is 12.1. The fraction of sp³-hybridized carbons (Fsp3) is 0.0588. The molecule has 0 bridgehead atoms. The van der Waals surface area contributed by atoms with Crippen LogP contribution in [0.4, 0.5) is 0 Å². The van der Waals surface area contributed by atoms with E-state index in [1.807, 2.05) is 6.07 Å². The molecule has 1 N–H and O–H groups in total. The molecular weight excluding hydrogens is 344 g/mol. The van der Waals surface area contributed by atoms with E-state index in [9.17, 15) is 4.79 Å². The number of hydrogen-bond donors (Lipinski definition) is 1. The van der Waals surface area contributed by atoms with Crippen LogP contribution in [-0.2, 0) is 6.61 Å². The molecule has 0 saturated carbocycles. The molecule has 0 radical (unpaired) electrons. The summed E-state index contributed by atoms with van der Waals surface area (Å²) >= 11 is 6.13. The van der Waals surface area contributed by atoms with E-state index in [0.29, 0.717) is 27.8 Å². The fourth-order valence-corrected chi connectivity index (χ4v) is 2.36. The largest absolute Gasteiger partial charge is 0.478 e. The third-order valence-corrected chi connectivity index (χ3v) is 3.73. The maximum atomic E-state index is 11.1. The van der Waals surface area contributed by atoms with Crippen molar-refractivity contribution in [3.63, 3.8) is 0 Å². The second-order valence-electron chi connectivity index (χ2n) is 5.00. The number of hydrogen-bond acceptors (Lipinski definition) is 5. The van der Waals surface area contributed by atoms with Crippen molar-refractivity contribution < 1.29 is 14.6 Å². The van der Waals surface area contributed by atoms with Crippen LogP contribution in [0.2, 0.25) is 5.02 Å². The van der Waals surface area contributed by atoms with Gasteiger partial charge in [0.15, 0.2) is 5.82 Å². The summed E-state index contributed by atoms with van der Waals surface area (Å²) in [5, 5.41) is 22.5. The maximum absolute atomic E-state index is 11.1. The van der Waals surface area contributed by atoms with Crippen molar-refractivity contribution in [3.8, 4) is 17.8 Å². The molecule has 0 aliphatic rings. The summed E-state index contributed by atoms with van der Waals surface area (Å²) in [5.74, 6) is -0.344. The topological polar surface area (TPSA) is 101 Å². The molecule has 0 amide bonds. The van der Waals surface area contributed by atoms with Gasteiger partial charge in [-0.25, -0.2) is 9.78 Å². The number of aromatic carboxylic acids is 1. The number of carboxylic acids is 1. The lowest BCUT2D eigenvalue weighted by Gasteiger charge is -2.10. The first-order valence-corrected chi connectivity index (χ1v) is 7.51. The molecule has 0 fully saturated rings. The number of carbonyl (C=O) groups is 1. The monoisotopic (exact) mass is 354 g/mol. The third-order valence-electron chi connectivity index (χ3n) is 3.38. The maximum Gasteiger partial charge on any atom is 0.335 e. The number of ether oxygens (including phenoxy) is 1. The van der Waals surface area contributed by atoms with Gasteiger partial charge in [-0.2, -0.15) is 15.0 Å². The van der Waals surface area contributed by atoms with E-state index in [4.69, 9.17) is 26.7 Å². The Morgan fingerprint density at radius 1 is 1.28 bits per heavy atom. The van der Waals surface area contributed by atoms with Gasteiger partial charge in [0.2, 0.25) is 5.88 Å². The highest BCUT2D eigenvalue weighted by atomic mass is 35.5. The van der Waals surface area contributed by atoms with E-state index in [1.54, 1.807) is 24.3 Å². The molecule has 124 valence electrons. The highest BCUT2D eigenvalue weighted by molar-refractivity contribution is 6.31. The highest BCUT2D eigenvalue weighted by Gasteiger charge is 2.11. The van der Waals surface area contributed by atoms with Crippen molar-refractivity contribution in [1.29, 1.82) is 5.26 Å². The second kappa shape index (κ2) is 7.03. The fourth-order valence-electron chi connectivity index (χ4n) is 2.13. The van der Waals surface area contributed by atoms with Crippen LogP contribution in [0.15, 0.2) is 48.8 Å². The molecule has 8 heteroatoms. The molecule has 1 aromatic carbocycles. The van der Waals surface area contributed by atoms with Gasteiger partial charge in [0, 0.05) is 22.8 Å². The molecule has 3 rings (SSSR count). The summed E-state index contributed by atoms with van der Waals surface area (Å²) in [4.78, 5) is 15.2. The predicted octanol–water partition coefficient (Wildman–Crippen LogP) is 3.07. The second-order valence-corrected chi connectivity index (χ2v) is 5.40. The highest BCUT2D eigenvalue weighted by Crippen LogP contribution is 2.21. The van der Waals surface area contributed by atoms with E-state index in [1.165, 1.54) is 29.2 Å². The van der Waals surface area contributed by atoms with Gasteiger partial charge in [-0.15, -0.1) is 0 Å².